The van der Waals surface area contributed by atoms with Crippen LogP contribution in [0.5, 0.6) is 11.5 Å². The Morgan fingerprint density at radius 1 is 0.886 bits per heavy atom. The topological polar surface area (TPSA) is 84.1 Å². The lowest BCUT2D eigenvalue weighted by atomic mass is 10.1. The Morgan fingerprint density at radius 3 is 2.34 bits per heavy atom. The Kier molecular flexibility index (Phi) is 8.53. The van der Waals surface area contributed by atoms with Crippen LogP contribution in [0.4, 0.5) is 11.6 Å². The number of fused-ring (bicyclic) bond motifs is 1. The van der Waals surface area contributed by atoms with E-state index in [-0.39, 0.29) is 0 Å². The van der Waals surface area contributed by atoms with Gasteiger partial charge in [0.25, 0.3) is 0 Å². The number of hydrogen-bond donors (Lipinski definition) is 2. The molecule has 0 unspecified atom stereocenters. The number of aliphatic hydroxyl groups excluding tert-OH is 1. The summed E-state index contributed by atoms with van der Waals surface area (Å²) in [5, 5.41) is 16.4. The number of anilines is 2. The van der Waals surface area contributed by atoms with E-state index in [4.69, 9.17) is 14.6 Å². The minimum atomic E-state index is 0.319. The zero-order valence-electron chi connectivity index (χ0n) is 20.4. The quantitative estimate of drug-likeness (QED) is 0.403. The highest BCUT2D eigenvalue weighted by atomic mass is 16.5. The Morgan fingerprint density at radius 2 is 1.60 bits per heavy atom. The van der Waals surface area contributed by atoms with Crippen LogP contribution >= 0.6 is 0 Å². The van der Waals surface area contributed by atoms with Gasteiger partial charge in [0.2, 0.25) is 5.95 Å². The van der Waals surface area contributed by atoms with Crippen molar-refractivity contribution in [3.63, 3.8) is 0 Å². The summed E-state index contributed by atoms with van der Waals surface area (Å²) in [7, 11) is 3.30. The predicted octanol–water partition coefficient (Wildman–Crippen LogP) is 4.62. The van der Waals surface area contributed by atoms with Crippen molar-refractivity contribution >= 4 is 17.2 Å². The molecule has 3 heterocycles. The van der Waals surface area contributed by atoms with Gasteiger partial charge in [0.1, 0.15) is 11.5 Å². The van der Waals surface area contributed by atoms with Crippen LogP contribution in [0.1, 0.15) is 19.3 Å². The van der Waals surface area contributed by atoms with Crippen LogP contribution < -0.4 is 14.8 Å². The summed E-state index contributed by atoms with van der Waals surface area (Å²) in [6.07, 6.45) is 5.80. The van der Waals surface area contributed by atoms with Gasteiger partial charge in [-0.1, -0.05) is 30.7 Å². The Bertz CT molecular complexity index is 1220. The van der Waals surface area contributed by atoms with E-state index in [1.807, 2.05) is 65.2 Å². The lowest BCUT2D eigenvalue weighted by Gasteiger charge is -2.25. The molecule has 8 nitrogen and oxygen atoms in total. The van der Waals surface area contributed by atoms with Crippen LogP contribution in [0.15, 0.2) is 66.9 Å². The van der Waals surface area contributed by atoms with Gasteiger partial charge in [0.15, 0.2) is 0 Å². The van der Waals surface area contributed by atoms with Gasteiger partial charge in [-0.05, 0) is 62.3 Å². The van der Waals surface area contributed by atoms with Gasteiger partial charge in [0, 0.05) is 12.1 Å². The summed E-state index contributed by atoms with van der Waals surface area (Å²) in [5.74, 6) is 2.01. The lowest BCUT2D eigenvalue weighted by Crippen LogP contribution is -2.31. The maximum Gasteiger partial charge on any atom is 0.245 e. The van der Waals surface area contributed by atoms with Gasteiger partial charge in [-0.3, -0.25) is 0 Å². The maximum atomic E-state index is 8.58. The fourth-order valence-corrected chi connectivity index (χ4v) is 4.21. The average Bonchev–Trinajstić information content (AvgIpc) is 3.33. The maximum absolute atomic E-state index is 8.58. The van der Waals surface area contributed by atoms with Crippen molar-refractivity contribution in [2.45, 2.75) is 19.3 Å². The van der Waals surface area contributed by atoms with Crippen LogP contribution in [0.2, 0.25) is 0 Å². The number of piperidine rings is 1. The highest BCUT2D eigenvalue weighted by Gasteiger charge is 2.12. The molecule has 0 spiro atoms. The highest BCUT2D eigenvalue weighted by molar-refractivity contribution is 5.72. The van der Waals surface area contributed by atoms with E-state index >= 15 is 0 Å². The zero-order valence-corrected chi connectivity index (χ0v) is 20.4. The molecule has 1 fully saturated rings. The molecule has 2 aromatic carbocycles. The molecule has 0 bridgehead atoms. The Labute approximate surface area is 206 Å². The predicted molar refractivity (Wildman–Crippen MR) is 139 cm³/mol. The van der Waals surface area contributed by atoms with Crippen LogP contribution in [0.25, 0.3) is 16.8 Å². The third-order valence-electron chi connectivity index (χ3n) is 6.00. The SMILES string of the molecule is COc1ccccc1Nc1ncc2ccc(-c3ccccc3OC)n2n1.OCCN1CCCCC1. The average molecular weight is 476 g/mol. The van der Waals surface area contributed by atoms with Crippen molar-refractivity contribution in [1.82, 2.24) is 19.5 Å². The second kappa shape index (κ2) is 12.2. The molecule has 0 atom stereocenters. The van der Waals surface area contributed by atoms with Gasteiger partial charge in [-0.25, -0.2) is 9.50 Å². The summed E-state index contributed by atoms with van der Waals surface area (Å²) in [6.45, 7) is 3.58. The third-order valence-corrected chi connectivity index (χ3v) is 6.00. The number of likely N-dealkylation sites (tertiary alicyclic amines) is 1. The summed E-state index contributed by atoms with van der Waals surface area (Å²) >= 11 is 0. The molecule has 4 aromatic rings. The zero-order chi connectivity index (χ0) is 24.5. The molecular formula is C27H33N5O3. The van der Waals surface area contributed by atoms with Crippen LogP contribution in [-0.2, 0) is 0 Å². The van der Waals surface area contributed by atoms with E-state index in [1.165, 1.54) is 32.4 Å². The molecule has 1 saturated heterocycles. The largest absolute Gasteiger partial charge is 0.496 e. The number of hydrogen-bond acceptors (Lipinski definition) is 7. The molecule has 184 valence electrons. The number of aliphatic hydroxyl groups is 1. The monoisotopic (exact) mass is 475 g/mol. The normalized spacial score (nSPS) is 13.7. The summed E-state index contributed by atoms with van der Waals surface area (Å²) in [5.41, 5.74) is 3.61. The van der Waals surface area contributed by atoms with Gasteiger partial charge in [-0.15, -0.1) is 5.10 Å². The van der Waals surface area contributed by atoms with Crippen molar-refractivity contribution in [1.29, 1.82) is 0 Å². The summed E-state index contributed by atoms with van der Waals surface area (Å²) in [6, 6.07) is 19.5. The Hall–Kier alpha value is -3.62. The number of methoxy groups -OCH3 is 2. The summed E-state index contributed by atoms with van der Waals surface area (Å²) in [4.78, 5) is 6.72. The number of β-amino-alcohol motifs (C(OH)–C–C–N with tert-alkyl or cyclic N) is 1. The molecule has 2 aromatic heterocycles. The molecule has 8 heteroatoms. The van der Waals surface area contributed by atoms with Gasteiger partial charge >= 0.3 is 0 Å². The number of aromatic nitrogens is 3. The molecule has 0 radical (unpaired) electrons. The minimum Gasteiger partial charge on any atom is -0.496 e. The molecule has 1 aliphatic heterocycles. The lowest BCUT2D eigenvalue weighted by molar-refractivity contribution is 0.173. The number of rotatable bonds is 7. The molecule has 35 heavy (non-hydrogen) atoms. The number of benzene rings is 2. The Balaban J connectivity index is 0.000000271. The van der Waals surface area contributed by atoms with Gasteiger partial charge in [0.05, 0.1) is 43.9 Å². The first-order valence-corrected chi connectivity index (χ1v) is 11.9. The van der Waals surface area contributed by atoms with E-state index in [0.29, 0.717) is 12.6 Å². The molecule has 0 aliphatic carbocycles. The molecule has 2 N–H and O–H groups in total. The number of para-hydroxylation sites is 3. The number of nitrogens with one attached hydrogen (secondary N) is 1. The fraction of sp³-hybridized carbons (Fsp3) is 0.333. The molecule has 1 aliphatic rings. The molecule has 0 amide bonds. The molecule has 0 saturated carbocycles. The van der Waals surface area contributed by atoms with Crippen molar-refractivity contribution in [3.8, 4) is 22.8 Å². The van der Waals surface area contributed by atoms with E-state index < -0.39 is 0 Å². The van der Waals surface area contributed by atoms with Crippen LogP contribution in [0.3, 0.4) is 0 Å². The van der Waals surface area contributed by atoms with Crippen molar-refractivity contribution in [2.24, 2.45) is 0 Å². The first kappa shape index (κ1) is 24.5. The van der Waals surface area contributed by atoms with Crippen LogP contribution in [0, 0.1) is 0 Å². The van der Waals surface area contributed by atoms with E-state index in [2.05, 4.69) is 20.3 Å². The van der Waals surface area contributed by atoms with Crippen LogP contribution in [-0.4, -0.2) is 65.1 Å². The van der Waals surface area contributed by atoms with Crippen molar-refractivity contribution in [2.75, 3.05) is 45.8 Å². The van der Waals surface area contributed by atoms with E-state index in [0.717, 1.165) is 40.5 Å². The first-order chi connectivity index (χ1) is 17.2. The molecule has 5 rings (SSSR count). The standard InChI is InChI=1S/C20H18N4O2.C7H15NO/c1-25-18-9-5-3-7-15(18)17-12-11-14-13-21-20(23-24(14)17)22-16-8-4-6-10-19(16)26-2;9-7-6-8-4-2-1-3-5-8/h3-13H,1-2H3,(H,22,23);9H,1-7H2. The smallest absolute Gasteiger partial charge is 0.245 e. The number of nitrogens with zero attached hydrogens (tertiary/aromatic N) is 4. The van der Waals surface area contributed by atoms with Gasteiger partial charge < -0.3 is 24.8 Å². The second-order valence-corrected chi connectivity index (χ2v) is 8.29. The van der Waals surface area contributed by atoms with Crippen molar-refractivity contribution < 1.29 is 14.6 Å². The van der Waals surface area contributed by atoms with Gasteiger partial charge in [-0.2, -0.15) is 0 Å². The molecular weight excluding hydrogens is 442 g/mol. The summed E-state index contributed by atoms with van der Waals surface area (Å²) < 4.78 is 12.7. The third kappa shape index (κ3) is 6.09. The van der Waals surface area contributed by atoms with Crippen molar-refractivity contribution in [3.05, 3.63) is 66.9 Å². The highest BCUT2D eigenvalue weighted by Crippen LogP contribution is 2.31. The second-order valence-electron chi connectivity index (χ2n) is 8.29. The number of ether oxygens (including phenoxy) is 2. The van der Waals surface area contributed by atoms with E-state index in [1.54, 1.807) is 20.4 Å². The fourth-order valence-electron chi connectivity index (χ4n) is 4.21. The minimum absolute atomic E-state index is 0.319. The van der Waals surface area contributed by atoms with E-state index in [9.17, 15) is 0 Å². The first-order valence-electron chi connectivity index (χ1n) is 11.9.